The van der Waals surface area contributed by atoms with Gasteiger partial charge in [0.2, 0.25) is 0 Å². The number of rotatable bonds is 3. The number of nitrogens with zero attached hydrogens (tertiary/aromatic N) is 1. The summed E-state index contributed by atoms with van der Waals surface area (Å²) in [6.45, 7) is 5.52. The molecule has 0 fully saturated rings. The summed E-state index contributed by atoms with van der Waals surface area (Å²) >= 11 is 1.71. The summed E-state index contributed by atoms with van der Waals surface area (Å²) in [6.07, 6.45) is 3.79. The quantitative estimate of drug-likeness (QED) is 0.530. The van der Waals surface area contributed by atoms with E-state index in [9.17, 15) is 0 Å². The van der Waals surface area contributed by atoms with Crippen LogP contribution in [0.4, 0.5) is 0 Å². The van der Waals surface area contributed by atoms with Crippen LogP contribution in [0.2, 0.25) is 0 Å². The van der Waals surface area contributed by atoms with Crippen molar-refractivity contribution in [2.24, 2.45) is 4.99 Å². The first-order valence-corrected chi connectivity index (χ1v) is 3.83. The van der Waals surface area contributed by atoms with Crippen LogP contribution in [0.1, 0.15) is 6.92 Å². The highest BCUT2D eigenvalue weighted by molar-refractivity contribution is 7.98. The number of allylic oxidation sites excluding steroid dienone is 1. The molecular weight excluding hydrogens is 118 g/mol. The largest absolute Gasteiger partial charge is 0.279 e. The van der Waals surface area contributed by atoms with Gasteiger partial charge in [0.05, 0.1) is 5.88 Å². The summed E-state index contributed by atoms with van der Waals surface area (Å²) < 4.78 is 0. The zero-order valence-electron chi connectivity index (χ0n) is 5.35. The lowest BCUT2D eigenvalue weighted by atomic mass is 10.4. The molecule has 0 spiro atoms. The predicted molar refractivity (Wildman–Crippen MR) is 41.7 cm³/mol. The first-order valence-electron chi connectivity index (χ1n) is 2.43. The Bertz CT molecular complexity index is 96.7. The lowest BCUT2D eigenvalue weighted by Gasteiger charge is -1.87. The summed E-state index contributed by atoms with van der Waals surface area (Å²) in [5.74, 6) is 0.845. The highest BCUT2D eigenvalue weighted by Gasteiger charge is 1.76. The van der Waals surface area contributed by atoms with Crippen LogP contribution >= 0.6 is 11.8 Å². The SMILES string of the molecule is C=CC(C)=NCSC. The maximum Gasteiger partial charge on any atom is 0.0844 e. The molecular formula is C6H11NS. The molecule has 0 radical (unpaired) electrons. The molecule has 0 rings (SSSR count). The zero-order valence-corrected chi connectivity index (χ0v) is 6.16. The zero-order chi connectivity index (χ0) is 6.41. The van der Waals surface area contributed by atoms with Gasteiger partial charge in [-0.2, -0.15) is 0 Å². The van der Waals surface area contributed by atoms with Crippen molar-refractivity contribution in [1.29, 1.82) is 0 Å². The van der Waals surface area contributed by atoms with Gasteiger partial charge in [-0.3, -0.25) is 4.99 Å². The van der Waals surface area contributed by atoms with Crippen LogP contribution in [-0.4, -0.2) is 17.8 Å². The van der Waals surface area contributed by atoms with Crippen molar-refractivity contribution in [2.75, 3.05) is 12.1 Å². The van der Waals surface area contributed by atoms with E-state index in [4.69, 9.17) is 0 Å². The topological polar surface area (TPSA) is 12.4 Å². The molecule has 0 aliphatic heterocycles. The van der Waals surface area contributed by atoms with Crippen LogP contribution in [-0.2, 0) is 0 Å². The van der Waals surface area contributed by atoms with E-state index >= 15 is 0 Å². The summed E-state index contributed by atoms with van der Waals surface area (Å²) in [7, 11) is 0. The standard InChI is InChI=1S/C6H11NS/c1-4-6(2)7-5-8-3/h4H,1,5H2,2-3H3. The van der Waals surface area contributed by atoms with Crippen molar-refractivity contribution in [1.82, 2.24) is 0 Å². The lowest BCUT2D eigenvalue weighted by molar-refractivity contribution is 1.37. The van der Waals surface area contributed by atoms with Crippen LogP contribution in [0.25, 0.3) is 0 Å². The van der Waals surface area contributed by atoms with E-state index in [1.54, 1.807) is 17.8 Å². The molecule has 1 nitrogen and oxygen atoms in total. The number of aliphatic imine (C=N–C) groups is 1. The van der Waals surface area contributed by atoms with Gasteiger partial charge < -0.3 is 0 Å². The molecule has 0 aromatic heterocycles. The Hall–Kier alpha value is -0.240. The third-order valence-electron chi connectivity index (χ3n) is 0.738. The fraction of sp³-hybridized carbons (Fsp3) is 0.500. The van der Waals surface area contributed by atoms with Gasteiger partial charge in [-0.05, 0) is 19.3 Å². The van der Waals surface area contributed by atoms with Crippen LogP contribution in [0.15, 0.2) is 17.6 Å². The van der Waals surface area contributed by atoms with Gasteiger partial charge in [0.1, 0.15) is 0 Å². The van der Waals surface area contributed by atoms with Crippen LogP contribution in [0.3, 0.4) is 0 Å². The molecule has 0 atom stereocenters. The second kappa shape index (κ2) is 4.91. The Morgan fingerprint density at radius 1 is 1.88 bits per heavy atom. The molecule has 0 aromatic carbocycles. The Morgan fingerprint density at radius 2 is 2.50 bits per heavy atom. The van der Waals surface area contributed by atoms with Crippen molar-refractivity contribution in [2.45, 2.75) is 6.92 Å². The molecule has 0 saturated heterocycles. The van der Waals surface area contributed by atoms with Gasteiger partial charge in [0.25, 0.3) is 0 Å². The van der Waals surface area contributed by atoms with E-state index in [2.05, 4.69) is 11.6 Å². The molecule has 0 saturated carbocycles. The van der Waals surface area contributed by atoms with E-state index in [1.165, 1.54) is 0 Å². The lowest BCUT2D eigenvalue weighted by Crippen LogP contribution is -1.82. The second-order valence-electron chi connectivity index (χ2n) is 1.42. The molecule has 0 bridgehead atoms. The van der Waals surface area contributed by atoms with Crippen molar-refractivity contribution in [3.05, 3.63) is 12.7 Å². The van der Waals surface area contributed by atoms with E-state index in [1.807, 2.05) is 13.2 Å². The monoisotopic (exact) mass is 129 g/mol. The molecule has 2 heteroatoms. The fourth-order valence-corrected chi connectivity index (χ4v) is 0.564. The number of hydrogen-bond acceptors (Lipinski definition) is 2. The molecule has 0 amide bonds. The Balaban J connectivity index is 3.40. The molecule has 0 aliphatic carbocycles. The molecule has 0 heterocycles. The second-order valence-corrected chi connectivity index (χ2v) is 2.26. The smallest absolute Gasteiger partial charge is 0.0844 e. The highest BCUT2D eigenvalue weighted by atomic mass is 32.2. The van der Waals surface area contributed by atoms with Crippen LogP contribution in [0, 0.1) is 0 Å². The Morgan fingerprint density at radius 3 is 2.88 bits per heavy atom. The Labute approximate surface area is 54.9 Å². The van der Waals surface area contributed by atoms with Gasteiger partial charge in [-0.15, -0.1) is 11.8 Å². The van der Waals surface area contributed by atoms with Crippen molar-refractivity contribution < 1.29 is 0 Å². The molecule has 8 heavy (non-hydrogen) atoms. The van der Waals surface area contributed by atoms with Gasteiger partial charge in [-0.25, -0.2) is 0 Å². The predicted octanol–water partition coefficient (Wildman–Crippen LogP) is 1.95. The Kier molecular flexibility index (Phi) is 4.76. The molecule has 0 aliphatic rings. The highest BCUT2D eigenvalue weighted by Crippen LogP contribution is 1.91. The van der Waals surface area contributed by atoms with Crippen molar-refractivity contribution >= 4 is 17.5 Å². The van der Waals surface area contributed by atoms with E-state index in [0.29, 0.717) is 0 Å². The summed E-state index contributed by atoms with van der Waals surface area (Å²) in [5.41, 5.74) is 1.01. The number of thioether (sulfide) groups is 1. The number of hydrogen-bond donors (Lipinski definition) is 0. The van der Waals surface area contributed by atoms with Crippen molar-refractivity contribution in [3.8, 4) is 0 Å². The minimum atomic E-state index is 0.845. The fourth-order valence-electron chi connectivity index (χ4n) is 0.231. The average molecular weight is 129 g/mol. The van der Waals surface area contributed by atoms with Gasteiger partial charge in [-0.1, -0.05) is 6.58 Å². The summed E-state index contributed by atoms with van der Waals surface area (Å²) in [4.78, 5) is 4.12. The van der Waals surface area contributed by atoms with Gasteiger partial charge in [0, 0.05) is 5.71 Å². The first kappa shape index (κ1) is 7.76. The van der Waals surface area contributed by atoms with Gasteiger partial charge in [0.15, 0.2) is 0 Å². The average Bonchev–Trinajstić information content (AvgIpc) is 1.83. The maximum absolute atomic E-state index is 4.12. The molecule has 0 N–H and O–H groups in total. The first-order chi connectivity index (χ1) is 3.81. The third-order valence-corrected chi connectivity index (χ3v) is 1.13. The van der Waals surface area contributed by atoms with Crippen LogP contribution < -0.4 is 0 Å². The maximum atomic E-state index is 4.12. The molecule has 46 valence electrons. The normalized spacial score (nSPS) is 11.5. The van der Waals surface area contributed by atoms with Gasteiger partial charge >= 0.3 is 0 Å². The molecule has 0 aromatic rings. The van der Waals surface area contributed by atoms with E-state index < -0.39 is 0 Å². The van der Waals surface area contributed by atoms with E-state index in [0.717, 1.165) is 11.6 Å². The molecule has 0 unspecified atom stereocenters. The third kappa shape index (κ3) is 3.93. The minimum Gasteiger partial charge on any atom is -0.279 e. The van der Waals surface area contributed by atoms with Crippen molar-refractivity contribution in [3.63, 3.8) is 0 Å². The summed E-state index contributed by atoms with van der Waals surface area (Å²) in [6, 6.07) is 0. The van der Waals surface area contributed by atoms with E-state index in [-0.39, 0.29) is 0 Å². The summed E-state index contributed by atoms with van der Waals surface area (Å²) in [5, 5.41) is 0. The van der Waals surface area contributed by atoms with Crippen LogP contribution in [0.5, 0.6) is 0 Å². The minimum absolute atomic E-state index is 0.845.